The Morgan fingerprint density at radius 1 is 1.41 bits per heavy atom. The smallest absolute Gasteiger partial charge is 0.329 e. The van der Waals surface area contributed by atoms with Crippen LogP contribution in [0.5, 0.6) is 0 Å². The van der Waals surface area contributed by atoms with E-state index in [4.69, 9.17) is 5.11 Å². The van der Waals surface area contributed by atoms with Gasteiger partial charge in [0.1, 0.15) is 10.1 Å². The van der Waals surface area contributed by atoms with Crippen LogP contribution in [0.25, 0.3) is 10.2 Å². The van der Waals surface area contributed by atoms with Crippen LogP contribution in [0.4, 0.5) is 5.69 Å². The van der Waals surface area contributed by atoms with E-state index in [1.807, 2.05) is 6.07 Å². The Morgan fingerprint density at radius 3 is 2.82 bits per heavy atom. The molecule has 5 nitrogen and oxygen atoms in total. The SMILES string of the molecule is CCN(CC)c1ccc2nc(C3=NC(C(=O)O)CS3)sc2c1. The molecule has 2 heterocycles. The summed E-state index contributed by atoms with van der Waals surface area (Å²) in [6.45, 7) is 6.22. The lowest BCUT2D eigenvalue weighted by Crippen LogP contribution is -2.21. The second kappa shape index (κ2) is 6.26. The van der Waals surface area contributed by atoms with E-state index >= 15 is 0 Å². The number of fused-ring (bicyclic) bond motifs is 1. The average molecular weight is 335 g/mol. The van der Waals surface area contributed by atoms with E-state index in [2.05, 4.69) is 40.9 Å². The first-order valence-corrected chi connectivity index (χ1v) is 9.02. The lowest BCUT2D eigenvalue weighted by Gasteiger charge is -2.20. The number of benzene rings is 1. The maximum atomic E-state index is 11.0. The molecule has 1 aliphatic rings. The molecule has 3 rings (SSSR count). The summed E-state index contributed by atoms with van der Waals surface area (Å²) >= 11 is 3.05. The molecule has 0 aliphatic carbocycles. The fraction of sp³-hybridized carbons (Fsp3) is 0.400. The van der Waals surface area contributed by atoms with Gasteiger partial charge >= 0.3 is 5.97 Å². The predicted octanol–water partition coefficient (Wildman–Crippen LogP) is 3.09. The molecule has 0 amide bonds. The fourth-order valence-electron chi connectivity index (χ4n) is 2.41. The molecular weight excluding hydrogens is 318 g/mol. The largest absolute Gasteiger partial charge is 0.480 e. The van der Waals surface area contributed by atoms with Crippen molar-refractivity contribution in [1.82, 2.24) is 4.98 Å². The highest BCUT2D eigenvalue weighted by Crippen LogP contribution is 2.31. The highest BCUT2D eigenvalue weighted by Gasteiger charge is 2.26. The minimum atomic E-state index is -0.868. The number of carboxylic acids is 1. The van der Waals surface area contributed by atoms with Crippen LogP contribution >= 0.6 is 23.1 Å². The molecule has 1 N–H and O–H groups in total. The van der Waals surface area contributed by atoms with Crippen molar-refractivity contribution < 1.29 is 9.90 Å². The van der Waals surface area contributed by atoms with Crippen molar-refractivity contribution in [3.05, 3.63) is 23.2 Å². The maximum absolute atomic E-state index is 11.0. The molecule has 0 radical (unpaired) electrons. The van der Waals surface area contributed by atoms with Gasteiger partial charge in [0, 0.05) is 24.5 Å². The third kappa shape index (κ3) is 2.83. The summed E-state index contributed by atoms with van der Waals surface area (Å²) in [5, 5.41) is 10.6. The van der Waals surface area contributed by atoms with Crippen molar-refractivity contribution in [2.24, 2.45) is 4.99 Å². The first-order chi connectivity index (χ1) is 10.6. The second-order valence-electron chi connectivity index (χ2n) is 4.94. The van der Waals surface area contributed by atoms with Gasteiger partial charge in [-0.1, -0.05) is 0 Å². The van der Waals surface area contributed by atoms with E-state index in [-0.39, 0.29) is 0 Å². The van der Waals surface area contributed by atoms with Gasteiger partial charge in [-0.2, -0.15) is 0 Å². The number of carboxylic acid groups (broad SMARTS) is 1. The number of aromatic nitrogens is 1. The topological polar surface area (TPSA) is 65.8 Å². The minimum absolute atomic E-state index is 0.491. The third-order valence-electron chi connectivity index (χ3n) is 3.62. The standard InChI is InChI=1S/C15H17N3O2S2/c1-3-18(4-2)9-5-6-10-12(7-9)22-14(16-10)13-17-11(8-21-13)15(19)20/h5-7,11H,3-4,8H2,1-2H3,(H,19,20). The molecular formula is C15H17N3O2S2. The second-order valence-corrected chi connectivity index (χ2v) is 6.98. The number of hydrogen-bond acceptors (Lipinski definition) is 6. The molecule has 116 valence electrons. The van der Waals surface area contributed by atoms with Gasteiger partial charge in [-0.15, -0.1) is 23.1 Å². The zero-order valence-corrected chi connectivity index (χ0v) is 14.1. The van der Waals surface area contributed by atoms with Crippen LogP contribution in [0.15, 0.2) is 23.2 Å². The van der Waals surface area contributed by atoms with Crippen molar-refractivity contribution in [3.63, 3.8) is 0 Å². The lowest BCUT2D eigenvalue weighted by atomic mass is 10.2. The highest BCUT2D eigenvalue weighted by molar-refractivity contribution is 8.15. The molecule has 1 atom stereocenters. The molecule has 1 aromatic carbocycles. The van der Waals surface area contributed by atoms with Gasteiger partial charge in [0.2, 0.25) is 0 Å². The zero-order valence-electron chi connectivity index (χ0n) is 12.4. The van der Waals surface area contributed by atoms with Gasteiger partial charge in [0.05, 0.1) is 10.2 Å². The number of thiazole rings is 1. The van der Waals surface area contributed by atoms with Crippen molar-refractivity contribution in [2.45, 2.75) is 19.9 Å². The van der Waals surface area contributed by atoms with Gasteiger partial charge in [-0.25, -0.2) is 9.78 Å². The maximum Gasteiger partial charge on any atom is 0.329 e. The Bertz CT molecular complexity index is 737. The van der Waals surface area contributed by atoms with E-state index in [9.17, 15) is 4.79 Å². The molecule has 1 unspecified atom stereocenters. The predicted molar refractivity (Wildman–Crippen MR) is 93.6 cm³/mol. The first-order valence-electron chi connectivity index (χ1n) is 7.21. The van der Waals surface area contributed by atoms with E-state index in [0.717, 1.165) is 33.4 Å². The molecule has 1 aromatic heterocycles. The zero-order chi connectivity index (χ0) is 15.7. The van der Waals surface area contributed by atoms with Gasteiger partial charge < -0.3 is 10.0 Å². The number of anilines is 1. The van der Waals surface area contributed by atoms with Crippen molar-refractivity contribution in [2.75, 3.05) is 23.7 Å². The summed E-state index contributed by atoms with van der Waals surface area (Å²) in [6.07, 6.45) is 0. The molecule has 2 aromatic rings. The van der Waals surface area contributed by atoms with Crippen LogP contribution in [-0.4, -0.2) is 46.0 Å². The van der Waals surface area contributed by atoms with Gasteiger partial charge in [-0.05, 0) is 32.0 Å². The van der Waals surface area contributed by atoms with Gasteiger partial charge in [0.15, 0.2) is 6.04 Å². The molecule has 0 spiro atoms. The Balaban J connectivity index is 1.94. The molecule has 7 heteroatoms. The van der Waals surface area contributed by atoms with E-state index in [0.29, 0.717) is 5.75 Å². The lowest BCUT2D eigenvalue weighted by molar-refractivity contribution is -0.137. The Hall–Kier alpha value is -1.60. The monoisotopic (exact) mass is 335 g/mol. The number of aliphatic carboxylic acids is 1. The molecule has 0 saturated carbocycles. The van der Waals surface area contributed by atoms with Crippen molar-refractivity contribution in [1.29, 1.82) is 0 Å². The summed E-state index contributed by atoms with van der Waals surface area (Å²) in [5.74, 6) is -0.377. The summed E-state index contributed by atoms with van der Waals surface area (Å²) in [5.41, 5.74) is 2.13. The normalized spacial score (nSPS) is 17.7. The summed E-state index contributed by atoms with van der Waals surface area (Å²) in [6, 6.07) is 5.62. The Kier molecular flexibility index (Phi) is 4.35. The molecule has 22 heavy (non-hydrogen) atoms. The van der Waals surface area contributed by atoms with Crippen LogP contribution in [0, 0.1) is 0 Å². The van der Waals surface area contributed by atoms with Crippen LogP contribution in [-0.2, 0) is 4.79 Å². The molecule has 0 bridgehead atoms. The number of thioether (sulfide) groups is 1. The summed E-state index contributed by atoms with van der Waals surface area (Å²) < 4.78 is 1.11. The fourth-order valence-corrected chi connectivity index (χ4v) is 4.50. The number of carbonyl (C=O) groups is 1. The summed E-state index contributed by atoms with van der Waals surface area (Å²) in [4.78, 5) is 22.1. The first kappa shape index (κ1) is 15.3. The highest BCUT2D eigenvalue weighted by atomic mass is 32.2. The molecule has 1 aliphatic heterocycles. The quantitative estimate of drug-likeness (QED) is 0.909. The van der Waals surface area contributed by atoms with E-state index in [1.54, 1.807) is 11.3 Å². The van der Waals surface area contributed by atoms with Gasteiger partial charge in [0.25, 0.3) is 0 Å². The van der Waals surface area contributed by atoms with Crippen LogP contribution < -0.4 is 4.90 Å². The van der Waals surface area contributed by atoms with E-state index in [1.165, 1.54) is 17.4 Å². The number of nitrogens with zero attached hydrogens (tertiary/aromatic N) is 3. The third-order valence-corrected chi connectivity index (χ3v) is 5.83. The number of aliphatic imine (C=N–C) groups is 1. The summed E-state index contributed by atoms with van der Waals surface area (Å²) in [7, 11) is 0. The molecule has 0 saturated heterocycles. The van der Waals surface area contributed by atoms with Crippen molar-refractivity contribution in [3.8, 4) is 0 Å². The van der Waals surface area contributed by atoms with Crippen molar-refractivity contribution >= 4 is 50.0 Å². The molecule has 0 fully saturated rings. The number of hydrogen-bond donors (Lipinski definition) is 1. The van der Waals surface area contributed by atoms with Crippen LogP contribution in [0.2, 0.25) is 0 Å². The van der Waals surface area contributed by atoms with Gasteiger partial charge in [-0.3, -0.25) is 4.99 Å². The Morgan fingerprint density at radius 2 is 2.18 bits per heavy atom. The van der Waals surface area contributed by atoms with Crippen LogP contribution in [0.3, 0.4) is 0 Å². The number of rotatable bonds is 5. The average Bonchev–Trinajstić information content (AvgIpc) is 3.14. The van der Waals surface area contributed by atoms with Crippen LogP contribution in [0.1, 0.15) is 18.9 Å². The Labute approximate surface area is 137 Å². The minimum Gasteiger partial charge on any atom is -0.480 e. The van der Waals surface area contributed by atoms with E-state index < -0.39 is 12.0 Å².